The molecule has 2 N–H and O–H groups in total. The quantitative estimate of drug-likeness (QED) is 0.683. The third-order valence-corrected chi connectivity index (χ3v) is 3.93. The van der Waals surface area contributed by atoms with E-state index < -0.39 is 17.1 Å². The summed E-state index contributed by atoms with van der Waals surface area (Å²) in [4.78, 5) is 39.1. The molecule has 8 heteroatoms. The maximum absolute atomic E-state index is 12.6. The first kappa shape index (κ1) is 17.8. The predicted octanol–water partition coefficient (Wildman–Crippen LogP) is 3.09. The van der Waals surface area contributed by atoms with Crippen molar-refractivity contribution in [1.29, 1.82) is 0 Å². The number of anilines is 1. The number of rotatable bonds is 4. The molecule has 7 nitrogen and oxygen atoms in total. The van der Waals surface area contributed by atoms with Crippen LogP contribution in [0, 0.1) is 6.92 Å². The van der Waals surface area contributed by atoms with Crippen LogP contribution in [0.1, 0.15) is 23.0 Å². The van der Waals surface area contributed by atoms with Crippen molar-refractivity contribution in [3.8, 4) is 5.75 Å². The Kier molecular flexibility index (Phi) is 4.81. The molecule has 0 radical (unpaired) electrons. The molecule has 0 spiro atoms. The number of H-pyrrole nitrogens is 1. The van der Waals surface area contributed by atoms with Crippen molar-refractivity contribution in [3.63, 3.8) is 0 Å². The van der Waals surface area contributed by atoms with Crippen molar-refractivity contribution in [2.45, 2.75) is 13.8 Å². The van der Waals surface area contributed by atoms with Crippen molar-refractivity contribution in [3.05, 3.63) is 67.4 Å². The van der Waals surface area contributed by atoms with E-state index in [2.05, 4.69) is 10.3 Å². The van der Waals surface area contributed by atoms with E-state index in [1.165, 1.54) is 12.1 Å². The second-order valence-electron chi connectivity index (χ2n) is 5.53. The summed E-state index contributed by atoms with van der Waals surface area (Å²) in [5.41, 5.74) is -0.482. The maximum atomic E-state index is 12.6. The number of aromatic nitrogens is 1. The number of hydrogen-bond acceptors (Lipinski definition) is 5. The summed E-state index contributed by atoms with van der Waals surface area (Å²) in [6.07, 6.45) is 0. The molecule has 0 fully saturated rings. The summed E-state index contributed by atoms with van der Waals surface area (Å²) in [5, 5.41) is 2.96. The lowest BCUT2D eigenvalue weighted by atomic mass is 10.1. The standard InChI is InChI=1S/C18H15ClN2O5/c1-3-25-10-4-5-11-12(8-15(22)26-14(11)7-10)17(23)21-16-13(19)6-9(2)20-18(16)24/h4-8H,3H2,1-2H3,(H,20,24)(H,21,23). The molecule has 1 aromatic carbocycles. The highest BCUT2D eigenvalue weighted by molar-refractivity contribution is 6.34. The van der Waals surface area contributed by atoms with Crippen LogP contribution in [0.15, 0.2) is 44.3 Å². The van der Waals surface area contributed by atoms with Crippen LogP contribution in [-0.4, -0.2) is 17.5 Å². The van der Waals surface area contributed by atoms with Gasteiger partial charge in [0.2, 0.25) is 0 Å². The molecule has 1 amide bonds. The number of nitrogens with one attached hydrogen (secondary N) is 2. The van der Waals surface area contributed by atoms with Crippen LogP contribution in [0.4, 0.5) is 5.69 Å². The summed E-state index contributed by atoms with van der Waals surface area (Å²) in [5.74, 6) is -0.137. The van der Waals surface area contributed by atoms with Crippen molar-refractivity contribution >= 4 is 34.2 Å². The first-order valence-electron chi connectivity index (χ1n) is 7.80. The third kappa shape index (κ3) is 3.48. The SMILES string of the molecule is CCOc1ccc2c(C(=O)Nc3c(Cl)cc(C)[nH]c3=O)cc(=O)oc2c1. The molecule has 2 aromatic heterocycles. The molecule has 0 aliphatic rings. The lowest BCUT2D eigenvalue weighted by Crippen LogP contribution is -2.22. The lowest BCUT2D eigenvalue weighted by molar-refractivity contribution is 0.102. The summed E-state index contributed by atoms with van der Waals surface area (Å²) in [7, 11) is 0. The zero-order valence-electron chi connectivity index (χ0n) is 14.0. The van der Waals surface area contributed by atoms with Gasteiger partial charge in [-0.05, 0) is 32.0 Å². The Bertz CT molecular complexity index is 1120. The highest BCUT2D eigenvalue weighted by Gasteiger charge is 2.17. The molecule has 0 atom stereocenters. The van der Waals surface area contributed by atoms with Crippen LogP contribution in [0.3, 0.4) is 0 Å². The van der Waals surface area contributed by atoms with Crippen molar-refractivity contribution < 1.29 is 13.9 Å². The minimum absolute atomic E-state index is 0.0651. The fraction of sp³-hybridized carbons (Fsp3) is 0.167. The molecule has 0 bridgehead atoms. The van der Waals surface area contributed by atoms with Crippen molar-refractivity contribution in [1.82, 2.24) is 4.98 Å². The average Bonchev–Trinajstić information content (AvgIpc) is 2.57. The Labute approximate surface area is 152 Å². The van der Waals surface area contributed by atoms with Crippen molar-refractivity contribution in [2.24, 2.45) is 0 Å². The monoisotopic (exact) mass is 374 g/mol. The molecular formula is C18H15ClN2O5. The van der Waals surface area contributed by atoms with Gasteiger partial charge in [0.15, 0.2) is 0 Å². The Hall–Kier alpha value is -3.06. The number of carbonyl (C=O) groups is 1. The number of aryl methyl sites for hydroxylation is 1. The van der Waals surface area contributed by atoms with E-state index >= 15 is 0 Å². The fourth-order valence-electron chi connectivity index (χ4n) is 2.53. The highest BCUT2D eigenvalue weighted by Crippen LogP contribution is 2.24. The zero-order valence-corrected chi connectivity index (χ0v) is 14.8. The van der Waals surface area contributed by atoms with Gasteiger partial charge in [-0.2, -0.15) is 0 Å². The van der Waals surface area contributed by atoms with E-state index in [1.807, 2.05) is 6.92 Å². The number of ether oxygens (including phenoxy) is 1. The van der Waals surface area contributed by atoms with E-state index in [0.717, 1.165) is 6.07 Å². The van der Waals surface area contributed by atoms with E-state index in [9.17, 15) is 14.4 Å². The van der Waals surface area contributed by atoms with Gasteiger partial charge < -0.3 is 19.5 Å². The van der Waals surface area contributed by atoms with Crippen LogP contribution in [0.25, 0.3) is 11.0 Å². The number of fused-ring (bicyclic) bond motifs is 1. The zero-order chi connectivity index (χ0) is 18.8. The van der Waals surface area contributed by atoms with Gasteiger partial charge in [-0.15, -0.1) is 0 Å². The first-order valence-corrected chi connectivity index (χ1v) is 8.18. The van der Waals surface area contributed by atoms with Gasteiger partial charge in [0.25, 0.3) is 11.5 Å². The Morgan fingerprint density at radius 3 is 2.73 bits per heavy atom. The molecule has 0 aliphatic carbocycles. The molecule has 0 unspecified atom stereocenters. The number of aromatic amines is 1. The fourth-order valence-corrected chi connectivity index (χ4v) is 2.83. The van der Waals surface area contributed by atoms with Gasteiger partial charge >= 0.3 is 5.63 Å². The molecule has 134 valence electrons. The summed E-state index contributed by atoms with van der Waals surface area (Å²) >= 11 is 6.04. The normalized spacial score (nSPS) is 10.7. The molecule has 0 aliphatic heterocycles. The minimum Gasteiger partial charge on any atom is -0.494 e. The Balaban J connectivity index is 2.06. The average molecular weight is 375 g/mol. The van der Waals surface area contributed by atoms with E-state index in [0.29, 0.717) is 23.4 Å². The molecule has 26 heavy (non-hydrogen) atoms. The number of benzene rings is 1. The minimum atomic E-state index is -0.694. The number of amides is 1. The number of hydrogen-bond donors (Lipinski definition) is 2. The molecule has 3 aromatic rings. The van der Waals surface area contributed by atoms with Crippen molar-refractivity contribution in [2.75, 3.05) is 11.9 Å². The van der Waals surface area contributed by atoms with Crippen LogP contribution in [0.2, 0.25) is 5.02 Å². The number of halogens is 1. The number of carbonyl (C=O) groups excluding carboxylic acids is 1. The third-order valence-electron chi connectivity index (χ3n) is 3.63. The van der Waals surface area contributed by atoms with Gasteiger partial charge in [0, 0.05) is 23.2 Å². The van der Waals surface area contributed by atoms with Gasteiger partial charge in [-0.25, -0.2) is 4.79 Å². The lowest BCUT2D eigenvalue weighted by Gasteiger charge is -2.09. The van der Waals surface area contributed by atoms with E-state index in [4.69, 9.17) is 20.8 Å². The highest BCUT2D eigenvalue weighted by atomic mass is 35.5. The van der Waals surface area contributed by atoms with Crippen LogP contribution >= 0.6 is 11.6 Å². The first-order chi connectivity index (χ1) is 12.4. The largest absolute Gasteiger partial charge is 0.494 e. The summed E-state index contributed by atoms with van der Waals surface area (Å²) in [6.45, 7) is 3.95. The molecule has 2 heterocycles. The molecular weight excluding hydrogens is 360 g/mol. The van der Waals surface area contributed by atoms with Gasteiger partial charge in [0.1, 0.15) is 17.0 Å². The van der Waals surface area contributed by atoms with Gasteiger partial charge in [-0.3, -0.25) is 9.59 Å². The maximum Gasteiger partial charge on any atom is 0.337 e. The summed E-state index contributed by atoms with van der Waals surface area (Å²) in [6, 6.07) is 7.38. The Morgan fingerprint density at radius 1 is 1.27 bits per heavy atom. The molecule has 0 saturated heterocycles. The summed E-state index contributed by atoms with van der Waals surface area (Å²) < 4.78 is 10.5. The topological polar surface area (TPSA) is 101 Å². The predicted molar refractivity (Wildman–Crippen MR) is 98.4 cm³/mol. The number of pyridine rings is 1. The second-order valence-corrected chi connectivity index (χ2v) is 5.94. The van der Waals surface area contributed by atoms with Crippen LogP contribution in [-0.2, 0) is 0 Å². The van der Waals surface area contributed by atoms with E-state index in [-0.39, 0.29) is 21.9 Å². The van der Waals surface area contributed by atoms with E-state index in [1.54, 1.807) is 19.1 Å². The smallest absolute Gasteiger partial charge is 0.337 e. The van der Waals surface area contributed by atoms with Crippen LogP contribution in [0.5, 0.6) is 5.75 Å². The van der Waals surface area contributed by atoms with Gasteiger partial charge in [-0.1, -0.05) is 11.6 Å². The Morgan fingerprint density at radius 2 is 2.04 bits per heavy atom. The van der Waals surface area contributed by atoms with Gasteiger partial charge in [0.05, 0.1) is 17.2 Å². The van der Waals surface area contributed by atoms with Crippen LogP contribution < -0.4 is 21.2 Å². The second kappa shape index (κ2) is 7.05. The molecule has 3 rings (SSSR count). The molecule has 0 saturated carbocycles.